The summed E-state index contributed by atoms with van der Waals surface area (Å²) < 4.78 is 4.17. The van der Waals surface area contributed by atoms with E-state index in [1.54, 1.807) is 12.3 Å². The van der Waals surface area contributed by atoms with Gasteiger partial charge in [0.15, 0.2) is 0 Å². The molecule has 7 rings (SSSR count). The molecule has 0 fully saturated rings. The number of benzene rings is 4. The molecule has 3 heterocycles. The van der Waals surface area contributed by atoms with Gasteiger partial charge in [-0.1, -0.05) is 59.7 Å². The van der Waals surface area contributed by atoms with Gasteiger partial charge >= 0.3 is 0 Å². The molecule has 5 nitrogen and oxygen atoms in total. The Morgan fingerprint density at radius 2 is 1.39 bits per heavy atom. The van der Waals surface area contributed by atoms with Gasteiger partial charge in [0.05, 0.1) is 27.8 Å². The standard InChI is InChI=1S/C30H19N4O.Pt/c35-28-17-4-3-15-26(28)33-24-13-1-2-14-25(24)34-27-16-8-11-22(29(27)32-30(33)34)20-9-7-10-21(19-20)23-12-5-6-18-31-23;/h1-18,35H;/q-1;. The van der Waals surface area contributed by atoms with E-state index in [4.69, 9.17) is 4.98 Å². The molecular formula is C30H19N4OPt-. The molecule has 0 saturated heterocycles. The van der Waals surface area contributed by atoms with E-state index in [1.807, 2.05) is 65.2 Å². The van der Waals surface area contributed by atoms with E-state index in [2.05, 4.69) is 51.8 Å². The zero-order valence-electron chi connectivity index (χ0n) is 18.9. The summed E-state index contributed by atoms with van der Waals surface area (Å²) in [5.41, 5.74) is 8.35. The summed E-state index contributed by atoms with van der Waals surface area (Å²) in [6.07, 6.45) is 1.79. The Morgan fingerprint density at radius 3 is 2.22 bits per heavy atom. The van der Waals surface area contributed by atoms with Crippen LogP contribution >= 0.6 is 0 Å². The maximum atomic E-state index is 10.7. The number of phenolic OH excluding ortho intramolecular Hbond substituents is 1. The van der Waals surface area contributed by atoms with E-state index < -0.39 is 0 Å². The summed E-state index contributed by atoms with van der Waals surface area (Å²) in [5, 5.41) is 10.7. The Kier molecular flexibility index (Phi) is 5.43. The zero-order valence-corrected chi connectivity index (χ0v) is 21.2. The van der Waals surface area contributed by atoms with Crippen LogP contribution in [0.15, 0.2) is 109 Å². The van der Waals surface area contributed by atoms with E-state index in [9.17, 15) is 5.11 Å². The molecule has 7 aromatic rings. The minimum atomic E-state index is 0. The summed E-state index contributed by atoms with van der Waals surface area (Å²) in [5.74, 6) is 0.954. The van der Waals surface area contributed by atoms with E-state index >= 15 is 0 Å². The van der Waals surface area contributed by atoms with Crippen molar-refractivity contribution in [1.82, 2.24) is 18.9 Å². The van der Waals surface area contributed by atoms with Gasteiger partial charge in [-0.2, -0.15) is 0 Å². The largest absolute Gasteiger partial charge is 0.506 e. The molecule has 36 heavy (non-hydrogen) atoms. The van der Waals surface area contributed by atoms with Crippen molar-refractivity contribution in [1.29, 1.82) is 0 Å². The minimum Gasteiger partial charge on any atom is -0.506 e. The van der Waals surface area contributed by atoms with E-state index in [0.29, 0.717) is 5.69 Å². The number of rotatable bonds is 3. The van der Waals surface area contributed by atoms with Gasteiger partial charge < -0.3 is 5.11 Å². The molecule has 0 unspecified atom stereocenters. The second-order valence-corrected chi connectivity index (χ2v) is 8.43. The Morgan fingerprint density at radius 1 is 0.667 bits per heavy atom. The van der Waals surface area contributed by atoms with Gasteiger partial charge in [-0.05, 0) is 36.4 Å². The maximum absolute atomic E-state index is 10.7. The van der Waals surface area contributed by atoms with Crippen LogP contribution in [0.25, 0.3) is 55.9 Å². The topological polar surface area (TPSA) is 55.4 Å². The predicted octanol–water partition coefficient (Wildman–Crippen LogP) is 6.66. The number of aromatic nitrogens is 4. The van der Waals surface area contributed by atoms with Gasteiger partial charge in [0.2, 0.25) is 5.78 Å². The first-order chi connectivity index (χ1) is 17.3. The van der Waals surface area contributed by atoms with Crippen molar-refractivity contribution in [3.63, 3.8) is 0 Å². The van der Waals surface area contributed by atoms with Crippen LogP contribution in [0.3, 0.4) is 0 Å². The van der Waals surface area contributed by atoms with Crippen LogP contribution in [-0.2, 0) is 21.1 Å². The number of pyridine rings is 1. The first-order valence-corrected chi connectivity index (χ1v) is 11.4. The Balaban J connectivity index is 0.00000240. The third-order valence-corrected chi connectivity index (χ3v) is 6.38. The van der Waals surface area contributed by atoms with Crippen molar-refractivity contribution < 1.29 is 26.2 Å². The molecule has 0 bridgehead atoms. The van der Waals surface area contributed by atoms with Gasteiger partial charge in [-0.25, -0.2) is 4.98 Å². The first-order valence-electron chi connectivity index (χ1n) is 11.4. The third-order valence-electron chi connectivity index (χ3n) is 6.38. The fourth-order valence-corrected chi connectivity index (χ4v) is 4.83. The van der Waals surface area contributed by atoms with Gasteiger partial charge in [0.1, 0.15) is 5.75 Å². The molecular weight excluding hydrogens is 627 g/mol. The Labute approximate surface area is 221 Å². The molecule has 0 aliphatic heterocycles. The van der Waals surface area contributed by atoms with Crippen molar-refractivity contribution in [2.45, 2.75) is 0 Å². The summed E-state index contributed by atoms with van der Waals surface area (Å²) in [6, 6.07) is 37.3. The van der Waals surface area contributed by atoms with Crippen LogP contribution in [-0.4, -0.2) is 24.0 Å². The molecule has 1 N–H and O–H groups in total. The van der Waals surface area contributed by atoms with E-state index in [0.717, 1.165) is 50.2 Å². The maximum Gasteiger partial charge on any atom is 0.220 e. The molecule has 0 aliphatic carbocycles. The monoisotopic (exact) mass is 646 g/mol. The molecule has 6 heteroatoms. The van der Waals surface area contributed by atoms with Crippen molar-refractivity contribution in [3.8, 4) is 33.8 Å². The van der Waals surface area contributed by atoms with E-state index in [-0.39, 0.29) is 26.8 Å². The summed E-state index contributed by atoms with van der Waals surface area (Å²) in [6.45, 7) is 0. The fourth-order valence-electron chi connectivity index (χ4n) is 4.83. The van der Waals surface area contributed by atoms with Crippen LogP contribution in [0.4, 0.5) is 0 Å². The number of phenols is 1. The fraction of sp³-hybridized carbons (Fsp3) is 0. The molecule has 0 amide bonds. The zero-order chi connectivity index (χ0) is 23.4. The van der Waals surface area contributed by atoms with Crippen molar-refractivity contribution >= 4 is 27.8 Å². The first kappa shape index (κ1) is 22.3. The van der Waals surface area contributed by atoms with E-state index in [1.165, 1.54) is 0 Å². The van der Waals surface area contributed by atoms with Crippen molar-refractivity contribution in [2.24, 2.45) is 0 Å². The van der Waals surface area contributed by atoms with Crippen LogP contribution in [0.1, 0.15) is 0 Å². The smallest absolute Gasteiger partial charge is 0.220 e. The molecule has 0 aliphatic rings. The SMILES string of the molecule is Oc1ccccc1-n1c2ccccc2n2c3cccc(-c4[c-]c(-c5ccccn5)ccc4)c3nc12.[Pt]. The molecule has 0 radical (unpaired) electrons. The summed E-state index contributed by atoms with van der Waals surface area (Å²) in [4.78, 5) is 9.61. The van der Waals surface area contributed by atoms with Crippen molar-refractivity contribution in [2.75, 3.05) is 0 Å². The third kappa shape index (κ3) is 3.35. The molecule has 4 aromatic carbocycles. The number of nitrogens with zero attached hydrogens (tertiary/aromatic N) is 4. The number of imidazole rings is 2. The van der Waals surface area contributed by atoms with Gasteiger partial charge in [0.25, 0.3) is 0 Å². The molecule has 0 saturated carbocycles. The average Bonchev–Trinajstić information content (AvgIpc) is 3.44. The van der Waals surface area contributed by atoms with Crippen LogP contribution in [0.5, 0.6) is 5.75 Å². The number of para-hydroxylation sites is 5. The number of aromatic hydroxyl groups is 1. The Hall–Kier alpha value is -4.21. The molecule has 176 valence electrons. The second kappa shape index (κ2) is 8.78. The quantitative estimate of drug-likeness (QED) is 0.219. The summed E-state index contributed by atoms with van der Waals surface area (Å²) >= 11 is 0. The van der Waals surface area contributed by atoms with Gasteiger partial charge in [-0.15, -0.1) is 29.8 Å². The number of hydrogen-bond acceptors (Lipinski definition) is 3. The number of hydrogen-bond donors (Lipinski definition) is 1. The molecule has 3 aromatic heterocycles. The second-order valence-electron chi connectivity index (χ2n) is 8.43. The number of fused-ring (bicyclic) bond motifs is 5. The average molecular weight is 647 g/mol. The van der Waals surface area contributed by atoms with Crippen LogP contribution in [0, 0.1) is 6.07 Å². The minimum absolute atomic E-state index is 0. The van der Waals surface area contributed by atoms with Gasteiger partial charge in [0, 0.05) is 33.0 Å². The van der Waals surface area contributed by atoms with Crippen molar-refractivity contribution in [3.05, 3.63) is 115 Å². The summed E-state index contributed by atoms with van der Waals surface area (Å²) in [7, 11) is 0. The Bertz CT molecular complexity index is 1870. The molecule has 0 atom stereocenters. The molecule has 0 spiro atoms. The normalized spacial score (nSPS) is 11.2. The predicted molar refractivity (Wildman–Crippen MR) is 139 cm³/mol. The van der Waals surface area contributed by atoms with Crippen LogP contribution < -0.4 is 0 Å². The van der Waals surface area contributed by atoms with Crippen LogP contribution in [0.2, 0.25) is 0 Å². The van der Waals surface area contributed by atoms with Gasteiger partial charge in [-0.3, -0.25) is 14.0 Å².